The minimum absolute atomic E-state index is 0. The lowest BCUT2D eigenvalue weighted by molar-refractivity contribution is 0.254. The van der Waals surface area contributed by atoms with Crippen molar-refractivity contribution in [3.05, 3.63) is 69.8 Å². The average Bonchev–Trinajstić information content (AvgIpc) is 2.76. The van der Waals surface area contributed by atoms with Gasteiger partial charge in [-0.25, -0.2) is 0 Å². The van der Waals surface area contributed by atoms with Crippen LogP contribution in [0.3, 0.4) is 0 Å². The van der Waals surface area contributed by atoms with E-state index in [1.54, 1.807) is 13.3 Å². The van der Waals surface area contributed by atoms with Crippen LogP contribution in [0, 0.1) is 5.92 Å². The fraction of sp³-hybridized carbons (Fsp3) is 0.417. The van der Waals surface area contributed by atoms with Crippen LogP contribution in [0.5, 0.6) is 5.75 Å². The summed E-state index contributed by atoms with van der Waals surface area (Å²) in [5, 5.41) is 4.60. The normalized spacial score (nSPS) is 19.1. The number of halogens is 2. The van der Waals surface area contributed by atoms with E-state index in [0.717, 1.165) is 48.4 Å². The van der Waals surface area contributed by atoms with Crippen LogP contribution in [0.25, 0.3) is 10.9 Å². The number of ether oxygens (including phenoxy) is 1. The van der Waals surface area contributed by atoms with Gasteiger partial charge in [0.1, 0.15) is 11.3 Å². The van der Waals surface area contributed by atoms with Crippen molar-refractivity contribution >= 4 is 35.7 Å². The molecule has 1 saturated heterocycles. The first-order valence-corrected chi connectivity index (χ1v) is 10.7. The van der Waals surface area contributed by atoms with Gasteiger partial charge in [0.2, 0.25) is 0 Å². The molecule has 32 heavy (non-hydrogen) atoms. The molecular formula is C24H30Cl2N4O2. The van der Waals surface area contributed by atoms with Gasteiger partial charge < -0.3 is 14.6 Å². The predicted molar refractivity (Wildman–Crippen MR) is 132 cm³/mol. The van der Waals surface area contributed by atoms with E-state index in [2.05, 4.69) is 40.4 Å². The molecule has 4 heterocycles. The van der Waals surface area contributed by atoms with Crippen molar-refractivity contribution in [1.29, 1.82) is 0 Å². The molecule has 0 saturated carbocycles. The maximum Gasteiger partial charge on any atom is 0.255 e. The summed E-state index contributed by atoms with van der Waals surface area (Å²) in [4.78, 5) is 19.9. The molecule has 1 fully saturated rings. The van der Waals surface area contributed by atoms with E-state index < -0.39 is 0 Å². The number of piperidine rings is 1. The first-order chi connectivity index (χ1) is 14.6. The Labute approximate surface area is 200 Å². The summed E-state index contributed by atoms with van der Waals surface area (Å²) in [5.74, 6) is 1.82. The lowest BCUT2D eigenvalue weighted by Crippen LogP contribution is -2.45. The second-order valence-electron chi connectivity index (χ2n) is 8.65. The molecule has 8 heteroatoms. The standard InChI is InChI=1S/C24H28N4O2.2ClH/c1-27(14-17-6-8-22(30-2)23-20(17)4-3-9-26-23)15-18-5-7-21-19-10-16(11-25-12-19)13-28(21)24(18)29;;/h3-9,16,19,25H,10-15H2,1-2H3;2*1H/t16-,19+;;/m0../s1. The van der Waals surface area contributed by atoms with Crippen LogP contribution >= 0.6 is 24.8 Å². The topological polar surface area (TPSA) is 59.4 Å². The number of nitrogens with one attached hydrogen (secondary N) is 1. The molecule has 0 aliphatic carbocycles. The highest BCUT2D eigenvalue weighted by atomic mass is 35.5. The second kappa shape index (κ2) is 10.2. The molecule has 0 radical (unpaired) electrons. The Kier molecular flexibility index (Phi) is 7.83. The first-order valence-electron chi connectivity index (χ1n) is 10.7. The Balaban J connectivity index is 0.00000144. The fourth-order valence-electron chi connectivity index (χ4n) is 5.10. The summed E-state index contributed by atoms with van der Waals surface area (Å²) >= 11 is 0. The molecule has 0 amide bonds. The van der Waals surface area contributed by atoms with Crippen LogP contribution in [0.15, 0.2) is 47.4 Å². The van der Waals surface area contributed by atoms with Crippen molar-refractivity contribution in [1.82, 2.24) is 19.8 Å². The van der Waals surface area contributed by atoms with Crippen molar-refractivity contribution in [2.45, 2.75) is 32.0 Å². The van der Waals surface area contributed by atoms with E-state index in [9.17, 15) is 4.79 Å². The summed E-state index contributed by atoms with van der Waals surface area (Å²) in [5.41, 5.74) is 4.30. The number of rotatable bonds is 5. The first kappa shape index (κ1) is 24.5. The minimum atomic E-state index is 0. The van der Waals surface area contributed by atoms with Crippen LogP contribution in [0.2, 0.25) is 0 Å². The average molecular weight is 477 g/mol. The van der Waals surface area contributed by atoms with Crippen LogP contribution < -0.4 is 15.6 Å². The molecule has 2 bridgehead atoms. The Morgan fingerprint density at radius 2 is 1.91 bits per heavy atom. The molecule has 6 nitrogen and oxygen atoms in total. The Morgan fingerprint density at radius 1 is 1.12 bits per heavy atom. The van der Waals surface area contributed by atoms with E-state index in [1.165, 1.54) is 17.7 Å². The lowest BCUT2D eigenvalue weighted by atomic mass is 9.84. The van der Waals surface area contributed by atoms with Crippen LogP contribution in [-0.4, -0.2) is 41.7 Å². The molecule has 2 atom stereocenters. The van der Waals surface area contributed by atoms with Crippen molar-refractivity contribution in [2.24, 2.45) is 5.92 Å². The highest BCUT2D eigenvalue weighted by molar-refractivity contribution is 5.87. The largest absolute Gasteiger partial charge is 0.494 e. The summed E-state index contributed by atoms with van der Waals surface area (Å²) < 4.78 is 7.50. The van der Waals surface area contributed by atoms with E-state index in [4.69, 9.17) is 4.74 Å². The van der Waals surface area contributed by atoms with Crippen molar-refractivity contribution < 1.29 is 4.74 Å². The smallest absolute Gasteiger partial charge is 0.255 e. The number of nitrogens with zero attached hydrogens (tertiary/aromatic N) is 3. The number of fused-ring (bicyclic) bond motifs is 5. The zero-order valence-corrected chi connectivity index (χ0v) is 20.0. The van der Waals surface area contributed by atoms with Gasteiger partial charge in [-0.05, 0) is 49.7 Å². The van der Waals surface area contributed by atoms with Crippen molar-refractivity contribution in [2.75, 3.05) is 27.2 Å². The lowest BCUT2D eigenvalue weighted by Gasteiger charge is -2.37. The molecule has 2 aliphatic rings. The molecule has 1 aromatic carbocycles. The van der Waals surface area contributed by atoms with Gasteiger partial charge in [0.05, 0.1) is 7.11 Å². The minimum Gasteiger partial charge on any atom is -0.494 e. The Bertz CT molecular complexity index is 1150. The van der Waals surface area contributed by atoms with Gasteiger partial charge in [-0.2, -0.15) is 0 Å². The van der Waals surface area contributed by atoms with Gasteiger partial charge >= 0.3 is 0 Å². The third kappa shape index (κ3) is 4.50. The van der Waals surface area contributed by atoms with Gasteiger partial charge in [0, 0.05) is 54.9 Å². The maximum absolute atomic E-state index is 13.2. The quantitative estimate of drug-likeness (QED) is 0.609. The SMILES string of the molecule is COc1ccc(CN(C)Cc2ccc3n(c2=O)C[C@@H]2CNC[C@H]3C2)c2cccnc12.Cl.Cl. The molecular weight excluding hydrogens is 447 g/mol. The molecule has 2 aromatic heterocycles. The molecule has 0 unspecified atom stereocenters. The van der Waals surface area contributed by atoms with E-state index in [0.29, 0.717) is 18.4 Å². The number of hydrogen-bond acceptors (Lipinski definition) is 5. The zero-order chi connectivity index (χ0) is 20.7. The Hall–Kier alpha value is -2.12. The molecule has 1 N–H and O–H groups in total. The number of hydrogen-bond donors (Lipinski definition) is 1. The number of benzene rings is 1. The summed E-state index contributed by atoms with van der Waals surface area (Å²) in [6, 6.07) is 12.3. The number of pyridine rings is 2. The highest BCUT2D eigenvalue weighted by Gasteiger charge is 2.31. The molecule has 0 spiro atoms. The zero-order valence-electron chi connectivity index (χ0n) is 18.4. The van der Waals surface area contributed by atoms with Gasteiger partial charge in [-0.3, -0.25) is 14.7 Å². The maximum atomic E-state index is 13.2. The molecule has 172 valence electrons. The van der Waals surface area contributed by atoms with Gasteiger partial charge in [0.25, 0.3) is 5.56 Å². The molecule has 5 rings (SSSR count). The van der Waals surface area contributed by atoms with Gasteiger partial charge in [0.15, 0.2) is 0 Å². The fourth-order valence-corrected chi connectivity index (χ4v) is 5.10. The second-order valence-corrected chi connectivity index (χ2v) is 8.65. The summed E-state index contributed by atoms with van der Waals surface area (Å²) in [6.45, 7) is 4.20. The third-order valence-corrected chi connectivity index (χ3v) is 6.51. The van der Waals surface area contributed by atoms with Crippen molar-refractivity contribution in [3.8, 4) is 5.75 Å². The number of methoxy groups -OCH3 is 1. The molecule has 3 aromatic rings. The Morgan fingerprint density at radius 3 is 2.72 bits per heavy atom. The van der Waals surface area contributed by atoms with Crippen LogP contribution in [-0.2, 0) is 19.6 Å². The van der Waals surface area contributed by atoms with Gasteiger partial charge in [-0.15, -0.1) is 24.8 Å². The monoisotopic (exact) mass is 476 g/mol. The van der Waals surface area contributed by atoms with E-state index in [-0.39, 0.29) is 30.4 Å². The highest BCUT2D eigenvalue weighted by Crippen LogP contribution is 2.32. The predicted octanol–water partition coefficient (Wildman–Crippen LogP) is 3.59. The van der Waals surface area contributed by atoms with E-state index >= 15 is 0 Å². The number of aromatic nitrogens is 2. The van der Waals surface area contributed by atoms with Crippen LogP contribution in [0.4, 0.5) is 0 Å². The third-order valence-electron chi connectivity index (χ3n) is 6.51. The van der Waals surface area contributed by atoms with E-state index in [1.807, 2.05) is 22.8 Å². The summed E-state index contributed by atoms with van der Waals surface area (Å²) in [6.07, 6.45) is 2.99. The molecule has 2 aliphatic heterocycles. The van der Waals surface area contributed by atoms with Crippen LogP contribution in [0.1, 0.15) is 29.2 Å². The summed E-state index contributed by atoms with van der Waals surface area (Å²) in [7, 11) is 3.73. The van der Waals surface area contributed by atoms with Crippen molar-refractivity contribution in [3.63, 3.8) is 0 Å². The van der Waals surface area contributed by atoms with Gasteiger partial charge in [-0.1, -0.05) is 18.2 Å².